The van der Waals surface area contributed by atoms with Crippen molar-refractivity contribution < 1.29 is 32.6 Å². The van der Waals surface area contributed by atoms with Crippen LogP contribution in [-0.2, 0) is 20.9 Å². The molecule has 10 heteroatoms. The van der Waals surface area contributed by atoms with E-state index in [4.69, 9.17) is 14.6 Å². The van der Waals surface area contributed by atoms with E-state index >= 15 is 0 Å². The van der Waals surface area contributed by atoms with E-state index in [0.717, 1.165) is 58.4 Å². The number of ether oxygens (including phenoxy) is 1. The van der Waals surface area contributed by atoms with Crippen LogP contribution in [0.25, 0.3) is 0 Å². The van der Waals surface area contributed by atoms with E-state index in [9.17, 15) is 18.0 Å². The van der Waals surface area contributed by atoms with Crippen molar-refractivity contribution in [3.8, 4) is 0 Å². The molecule has 3 fully saturated rings. The molecular formula is C20H27F3N2O4S. The number of hydrogen-bond acceptors (Lipinski definition) is 5. The van der Waals surface area contributed by atoms with Crippen molar-refractivity contribution in [1.29, 1.82) is 0 Å². The molecule has 30 heavy (non-hydrogen) atoms. The Labute approximate surface area is 177 Å². The van der Waals surface area contributed by atoms with Crippen LogP contribution in [0.1, 0.15) is 44.1 Å². The number of rotatable bonds is 4. The van der Waals surface area contributed by atoms with Gasteiger partial charge in [-0.2, -0.15) is 24.5 Å². The third kappa shape index (κ3) is 6.18. The number of carbonyl (C=O) groups is 2. The summed E-state index contributed by atoms with van der Waals surface area (Å²) in [6.07, 6.45) is 1.57. The van der Waals surface area contributed by atoms with Crippen molar-refractivity contribution in [3.05, 3.63) is 22.4 Å². The fourth-order valence-electron chi connectivity index (χ4n) is 4.40. The van der Waals surface area contributed by atoms with E-state index in [1.807, 2.05) is 4.90 Å². The quantitative estimate of drug-likeness (QED) is 0.763. The van der Waals surface area contributed by atoms with Gasteiger partial charge in [-0.25, -0.2) is 4.79 Å². The van der Waals surface area contributed by atoms with Gasteiger partial charge in [0.05, 0.1) is 11.7 Å². The zero-order valence-corrected chi connectivity index (χ0v) is 17.5. The third-order valence-electron chi connectivity index (χ3n) is 5.79. The Balaban J connectivity index is 0.000000318. The van der Waals surface area contributed by atoms with Gasteiger partial charge in [0.2, 0.25) is 5.91 Å². The van der Waals surface area contributed by atoms with Gasteiger partial charge in [0.25, 0.3) is 0 Å². The van der Waals surface area contributed by atoms with E-state index in [1.54, 1.807) is 11.3 Å². The maximum Gasteiger partial charge on any atom is 0.490 e. The smallest absolute Gasteiger partial charge is 0.475 e. The minimum absolute atomic E-state index is 0.0434. The molecule has 0 unspecified atom stereocenters. The van der Waals surface area contributed by atoms with Gasteiger partial charge in [0.15, 0.2) is 0 Å². The number of likely N-dealkylation sites (tertiary alicyclic amines) is 2. The van der Waals surface area contributed by atoms with Gasteiger partial charge in [-0.15, -0.1) is 0 Å². The Morgan fingerprint density at radius 2 is 2.07 bits per heavy atom. The average Bonchev–Trinajstić information content (AvgIpc) is 3.40. The van der Waals surface area contributed by atoms with E-state index in [0.29, 0.717) is 5.91 Å². The first-order chi connectivity index (χ1) is 14.2. The Morgan fingerprint density at radius 1 is 1.30 bits per heavy atom. The lowest BCUT2D eigenvalue weighted by Crippen LogP contribution is -2.47. The van der Waals surface area contributed by atoms with Crippen molar-refractivity contribution in [3.63, 3.8) is 0 Å². The molecule has 1 aromatic heterocycles. The van der Waals surface area contributed by atoms with Crippen LogP contribution in [0.3, 0.4) is 0 Å². The maximum absolute atomic E-state index is 11.9. The number of thiophene rings is 1. The summed E-state index contributed by atoms with van der Waals surface area (Å²) in [7, 11) is 0. The first-order valence-electron chi connectivity index (χ1n) is 10.2. The summed E-state index contributed by atoms with van der Waals surface area (Å²) in [5.41, 5.74) is 1.46. The fraction of sp³-hybridized carbons (Fsp3) is 0.700. The van der Waals surface area contributed by atoms with Gasteiger partial charge in [0.1, 0.15) is 0 Å². The molecule has 0 aliphatic carbocycles. The lowest BCUT2D eigenvalue weighted by Gasteiger charge is -2.40. The second-order valence-corrected chi connectivity index (χ2v) is 8.93. The highest BCUT2D eigenvalue weighted by Gasteiger charge is 2.43. The number of carboxylic acids is 1. The number of alkyl halides is 3. The monoisotopic (exact) mass is 448 g/mol. The maximum atomic E-state index is 11.9. The molecular weight excluding hydrogens is 421 g/mol. The molecule has 168 valence electrons. The SMILES string of the molecule is O=C(O)C(F)(F)F.O=C1CCCN1C[C@@H]1CCC[C@]2(CCN(Cc3ccsc3)C2)O1. The van der Waals surface area contributed by atoms with Gasteiger partial charge in [0, 0.05) is 39.1 Å². The highest BCUT2D eigenvalue weighted by molar-refractivity contribution is 7.07. The number of carboxylic acid groups (broad SMARTS) is 1. The van der Waals surface area contributed by atoms with Crippen LogP contribution in [0.2, 0.25) is 0 Å². The Bertz CT molecular complexity index is 728. The summed E-state index contributed by atoms with van der Waals surface area (Å²) in [5, 5.41) is 11.5. The Morgan fingerprint density at radius 3 is 2.67 bits per heavy atom. The average molecular weight is 449 g/mol. The Hall–Kier alpha value is -1.65. The molecule has 0 saturated carbocycles. The molecule has 1 amide bonds. The molecule has 3 saturated heterocycles. The van der Waals surface area contributed by atoms with Gasteiger partial charge in [-0.3, -0.25) is 9.69 Å². The topological polar surface area (TPSA) is 70.1 Å². The third-order valence-corrected chi connectivity index (χ3v) is 6.53. The molecule has 3 aliphatic rings. The summed E-state index contributed by atoms with van der Waals surface area (Å²) in [6.45, 7) is 4.96. The molecule has 0 radical (unpaired) electrons. The lowest BCUT2D eigenvalue weighted by atomic mass is 9.90. The molecule has 0 aromatic carbocycles. The van der Waals surface area contributed by atoms with Crippen LogP contribution in [0.4, 0.5) is 13.2 Å². The molecule has 2 atom stereocenters. The predicted molar refractivity (Wildman–Crippen MR) is 105 cm³/mol. The molecule has 1 spiro atoms. The van der Waals surface area contributed by atoms with Crippen LogP contribution in [0.15, 0.2) is 16.8 Å². The number of aliphatic carboxylic acids is 1. The van der Waals surface area contributed by atoms with Crippen molar-refractivity contribution in [1.82, 2.24) is 9.80 Å². The second kappa shape index (κ2) is 9.65. The largest absolute Gasteiger partial charge is 0.490 e. The molecule has 4 heterocycles. The van der Waals surface area contributed by atoms with Crippen LogP contribution in [-0.4, -0.2) is 70.8 Å². The van der Waals surface area contributed by atoms with E-state index in [2.05, 4.69) is 21.7 Å². The van der Waals surface area contributed by atoms with Crippen LogP contribution >= 0.6 is 11.3 Å². The van der Waals surface area contributed by atoms with Crippen molar-refractivity contribution in [2.24, 2.45) is 0 Å². The molecule has 0 bridgehead atoms. The lowest BCUT2D eigenvalue weighted by molar-refractivity contribution is -0.192. The number of amides is 1. The van der Waals surface area contributed by atoms with E-state index < -0.39 is 12.1 Å². The number of carbonyl (C=O) groups excluding carboxylic acids is 1. The van der Waals surface area contributed by atoms with Crippen molar-refractivity contribution in [2.45, 2.75) is 63.0 Å². The second-order valence-electron chi connectivity index (χ2n) is 8.15. The highest BCUT2D eigenvalue weighted by Crippen LogP contribution is 2.37. The summed E-state index contributed by atoms with van der Waals surface area (Å²) in [5.74, 6) is -2.44. The highest BCUT2D eigenvalue weighted by atomic mass is 32.1. The number of halogens is 3. The van der Waals surface area contributed by atoms with Crippen LogP contribution < -0.4 is 0 Å². The van der Waals surface area contributed by atoms with Crippen LogP contribution in [0, 0.1) is 0 Å². The fourth-order valence-corrected chi connectivity index (χ4v) is 5.06. The summed E-state index contributed by atoms with van der Waals surface area (Å²) in [4.78, 5) is 25.3. The van der Waals surface area contributed by atoms with E-state index in [-0.39, 0.29) is 11.7 Å². The summed E-state index contributed by atoms with van der Waals surface area (Å²) >= 11 is 1.77. The van der Waals surface area contributed by atoms with Crippen LogP contribution in [0.5, 0.6) is 0 Å². The summed E-state index contributed by atoms with van der Waals surface area (Å²) in [6, 6.07) is 2.22. The van der Waals surface area contributed by atoms with Gasteiger partial charge >= 0.3 is 12.1 Å². The normalized spacial score (nSPS) is 27.4. The zero-order valence-electron chi connectivity index (χ0n) is 16.7. The summed E-state index contributed by atoms with van der Waals surface area (Å²) < 4.78 is 38.3. The van der Waals surface area contributed by atoms with Gasteiger partial charge in [-0.1, -0.05) is 0 Å². The van der Waals surface area contributed by atoms with Crippen molar-refractivity contribution in [2.75, 3.05) is 26.2 Å². The first kappa shape index (κ1) is 23.0. The number of hydrogen-bond donors (Lipinski definition) is 1. The van der Waals surface area contributed by atoms with E-state index in [1.165, 1.54) is 18.4 Å². The molecule has 1 N–H and O–H groups in total. The predicted octanol–water partition coefficient (Wildman–Crippen LogP) is 3.52. The first-order valence-corrected chi connectivity index (χ1v) is 11.1. The molecule has 3 aliphatic heterocycles. The van der Waals surface area contributed by atoms with Crippen molar-refractivity contribution >= 4 is 23.2 Å². The van der Waals surface area contributed by atoms with Gasteiger partial charge in [-0.05, 0) is 54.5 Å². The minimum Gasteiger partial charge on any atom is -0.475 e. The molecule has 1 aromatic rings. The Kier molecular flexibility index (Phi) is 7.41. The standard InChI is InChI=1S/C18H26N2O2S.C2HF3O2/c21-17-4-2-8-20(17)12-16-3-1-6-18(22-16)7-9-19(14-18)11-15-5-10-23-13-15;3-2(4,5)1(6)7/h5,10,13,16H,1-4,6-9,11-12,14H2;(H,6,7)/t16-,18+;/m0./s1. The molecule has 4 rings (SSSR count). The minimum atomic E-state index is -5.08. The number of nitrogens with zero attached hydrogens (tertiary/aromatic N) is 2. The van der Waals surface area contributed by atoms with Gasteiger partial charge < -0.3 is 14.7 Å². The zero-order chi connectivity index (χ0) is 21.8. The molecule has 6 nitrogen and oxygen atoms in total.